The third kappa shape index (κ3) is 2.03. The molecule has 0 aliphatic heterocycles. The van der Waals surface area contributed by atoms with Crippen molar-refractivity contribution in [1.29, 1.82) is 0 Å². The number of H-pyrrole nitrogens is 1. The summed E-state index contributed by atoms with van der Waals surface area (Å²) in [7, 11) is 0. The lowest BCUT2D eigenvalue weighted by Crippen LogP contribution is -2.28. The van der Waals surface area contributed by atoms with Crippen LogP contribution in [0.1, 0.15) is 10.4 Å². The Balaban J connectivity index is 2.25. The molecular weight excluding hydrogens is 214 g/mol. The molecule has 1 amide bonds. The number of fused-ring (bicyclic) bond motifs is 1. The maximum atomic E-state index is 11.9. The number of benzene rings is 1. The van der Waals surface area contributed by atoms with Gasteiger partial charge in [-0.05, 0) is 18.2 Å². The van der Waals surface area contributed by atoms with Gasteiger partial charge in [0.25, 0.3) is 12.3 Å². The van der Waals surface area contributed by atoms with E-state index < -0.39 is 18.9 Å². The molecular formula is C11H10F2N2O. The molecule has 84 valence electrons. The lowest BCUT2D eigenvalue weighted by molar-refractivity contribution is 0.0893. The van der Waals surface area contributed by atoms with Crippen LogP contribution in [0.15, 0.2) is 30.5 Å². The van der Waals surface area contributed by atoms with Crippen LogP contribution >= 0.6 is 0 Å². The van der Waals surface area contributed by atoms with Crippen molar-refractivity contribution in [2.24, 2.45) is 0 Å². The van der Waals surface area contributed by atoms with E-state index in [0.29, 0.717) is 5.56 Å². The van der Waals surface area contributed by atoms with Crippen LogP contribution in [0.4, 0.5) is 8.78 Å². The summed E-state index contributed by atoms with van der Waals surface area (Å²) in [6, 6.07) is 6.87. The molecule has 2 N–H and O–H groups in total. The largest absolute Gasteiger partial charge is 0.361 e. The first-order chi connectivity index (χ1) is 7.68. The number of hydrogen-bond acceptors (Lipinski definition) is 1. The first kappa shape index (κ1) is 10.6. The zero-order chi connectivity index (χ0) is 11.5. The van der Waals surface area contributed by atoms with Gasteiger partial charge in [0.2, 0.25) is 0 Å². The Kier molecular flexibility index (Phi) is 2.85. The Morgan fingerprint density at radius 3 is 2.94 bits per heavy atom. The van der Waals surface area contributed by atoms with Gasteiger partial charge in [-0.2, -0.15) is 0 Å². The summed E-state index contributed by atoms with van der Waals surface area (Å²) in [6.07, 6.45) is -0.830. The molecule has 0 aliphatic rings. The molecule has 0 saturated carbocycles. The van der Waals surface area contributed by atoms with Gasteiger partial charge in [0, 0.05) is 22.7 Å². The Labute approximate surface area is 90.5 Å². The number of carbonyl (C=O) groups is 1. The summed E-state index contributed by atoms with van der Waals surface area (Å²) >= 11 is 0. The minimum absolute atomic E-state index is 0.402. The molecule has 1 heterocycles. The molecule has 0 atom stereocenters. The number of aromatic nitrogens is 1. The molecule has 2 aromatic rings. The second kappa shape index (κ2) is 4.30. The highest BCUT2D eigenvalue weighted by Gasteiger charge is 2.11. The van der Waals surface area contributed by atoms with Crippen LogP contribution in [0.5, 0.6) is 0 Å². The molecule has 0 spiro atoms. The van der Waals surface area contributed by atoms with Crippen LogP contribution < -0.4 is 5.32 Å². The number of alkyl halides is 2. The van der Waals surface area contributed by atoms with Crippen LogP contribution in [0.3, 0.4) is 0 Å². The van der Waals surface area contributed by atoms with Gasteiger partial charge >= 0.3 is 0 Å². The molecule has 2 rings (SSSR count). The maximum Gasteiger partial charge on any atom is 0.255 e. The SMILES string of the molecule is O=C(NCC(F)F)c1cccc2[nH]ccc12. The second-order valence-corrected chi connectivity index (χ2v) is 3.35. The average molecular weight is 224 g/mol. The zero-order valence-corrected chi connectivity index (χ0v) is 8.34. The smallest absolute Gasteiger partial charge is 0.255 e. The van der Waals surface area contributed by atoms with Gasteiger partial charge < -0.3 is 10.3 Å². The highest BCUT2D eigenvalue weighted by atomic mass is 19.3. The molecule has 0 radical (unpaired) electrons. The van der Waals surface area contributed by atoms with Gasteiger partial charge in [-0.15, -0.1) is 0 Å². The lowest BCUT2D eigenvalue weighted by atomic mass is 10.1. The third-order valence-electron chi connectivity index (χ3n) is 2.26. The predicted molar refractivity (Wildman–Crippen MR) is 56.6 cm³/mol. The number of amides is 1. The van der Waals surface area contributed by atoms with E-state index in [0.717, 1.165) is 10.9 Å². The Morgan fingerprint density at radius 2 is 2.19 bits per heavy atom. The number of halogens is 2. The number of hydrogen-bond donors (Lipinski definition) is 2. The molecule has 1 aromatic carbocycles. The van der Waals surface area contributed by atoms with Gasteiger partial charge in [0.1, 0.15) is 0 Å². The minimum Gasteiger partial charge on any atom is -0.361 e. The maximum absolute atomic E-state index is 11.9. The lowest BCUT2D eigenvalue weighted by Gasteiger charge is -2.05. The van der Waals surface area contributed by atoms with E-state index in [4.69, 9.17) is 0 Å². The molecule has 0 bridgehead atoms. The molecule has 0 aliphatic carbocycles. The van der Waals surface area contributed by atoms with Crippen molar-refractivity contribution in [1.82, 2.24) is 10.3 Å². The summed E-state index contributed by atoms with van der Waals surface area (Å²) in [5, 5.41) is 2.91. The van der Waals surface area contributed by atoms with E-state index in [1.54, 1.807) is 24.4 Å². The fourth-order valence-corrected chi connectivity index (χ4v) is 1.55. The number of rotatable bonds is 3. The van der Waals surface area contributed by atoms with Gasteiger partial charge in [0.05, 0.1) is 6.54 Å². The second-order valence-electron chi connectivity index (χ2n) is 3.35. The predicted octanol–water partition coefficient (Wildman–Crippen LogP) is 2.16. The van der Waals surface area contributed by atoms with E-state index in [-0.39, 0.29) is 0 Å². The number of aromatic amines is 1. The van der Waals surface area contributed by atoms with Crippen molar-refractivity contribution in [3.05, 3.63) is 36.0 Å². The van der Waals surface area contributed by atoms with Crippen molar-refractivity contribution >= 4 is 16.8 Å². The zero-order valence-electron chi connectivity index (χ0n) is 8.34. The standard InChI is InChI=1S/C11H10F2N2O/c12-10(13)6-15-11(16)8-2-1-3-9-7(8)4-5-14-9/h1-5,10,14H,6H2,(H,15,16). The normalized spacial score (nSPS) is 10.9. The van der Waals surface area contributed by atoms with Crippen molar-refractivity contribution < 1.29 is 13.6 Å². The summed E-state index contributed by atoms with van der Waals surface area (Å²) < 4.78 is 23.9. The molecule has 0 fully saturated rings. The van der Waals surface area contributed by atoms with Crippen LogP contribution in [-0.2, 0) is 0 Å². The molecule has 3 nitrogen and oxygen atoms in total. The fourth-order valence-electron chi connectivity index (χ4n) is 1.55. The van der Waals surface area contributed by atoms with E-state index in [9.17, 15) is 13.6 Å². The quantitative estimate of drug-likeness (QED) is 0.824. The average Bonchev–Trinajstić information content (AvgIpc) is 2.73. The Bertz CT molecular complexity index is 507. The van der Waals surface area contributed by atoms with Crippen molar-refractivity contribution in [3.8, 4) is 0 Å². The molecule has 0 saturated heterocycles. The van der Waals surface area contributed by atoms with Crippen molar-refractivity contribution in [2.45, 2.75) is 6.43 Å². The van der Waals surface area contributed by atoms with Gasteiger partial charge in [-0.3, -0.25) is 4.79 Å². The highest BCUT2D eigenvalue weighted by molar-refractivity contribution is 6.06. The van der Waals surface area contributed by atoms with E-state index in [1.807, 2.05) is 6.07 Å². The van der Waals surface area contributed by atoms with Crippen LogP contribution in [0, 0.1) is 0 Å². The summed E-state index contributed by atoms with van der Waals surface area (Å²) in [5.41, 5.74) is 1.21. The summed E-state index contributed by atoms with van der Waals surface area (Å²) in [6.45, 7) is -0.625. The summed E-state index contributed by atoms with van der Waals surface area (Å²) in [4.78, 5) is 14.6. The van der Waals surface area contributed by atoms with Crippen molar-refractivity contribution in [3.63, 3.8) is 0 Å². The highest BCUT2D eigenvalue weighted by Crippen LogP contribution is 2.17. The van der Waals surface area contributed by atoms with E-state index in [1.165, 1.54) is 0 Å². The molecule has 5 heteroatoms. The molecule has 0 unspecified atom stereocenters. The monoisotopic (exact) mass is 224 g/mol. The van der Waals surface area contributed by atoms with Crippen LogP contribution in [0.25, 0.3) is 10.9 Å². The fraction of sp³-hybridized carbons (Fsp3) is 0.182. The van der Waals surface area contributed by atoms with E-state index in [2.05, 4.69) is 10.3 Å². The Morgan fingerprint density at radius 1 is 1.38 bits per heavy atom. The Hall–Kier alpha value is -1.91. The van der Waals surface area contributed by atoms with E-state index >= 15 is 0 Å². The van der Waals surface area contributed by atoms with Gasteiger partial charge in [0.15, 0.2) is 0 Å². The first-order valence-corrected chi connectivity index (χ1v) is 4.81. The molecule has 1 aromatic heterocycles. The third-order valence-corrected chi connectivity index (χ3v) is 2.26. The van der Waals surface area contributed by atoms with Crippen LogP contribution in [0.2, 0.25) is 0 Å². The number of carbonyl (C=O) groups excluding carboxylic acids is 1. The van der Waals surface area contributed by atoms with Gasteiger partial charge in [-0.1, -0.05) is 6.07 Å². The van der Waals surface area contributed by atoms with Crippen molar-refractivity contribution in [2.75, 3.05) is 6.54 Å². The molecule has 16 heavy (non-hydrogen) atoms. The van der Waals surface area contributed by atoms with Crippen LogP contribution in [-0.4, -0.2) is 23.9 Å². The first-order valence-electron chi connectivity index (χ1n) is 4.81. The minimum atomic E-state index is -2.53. The van der Waals surface area contributed by atoms with Gasteiger partial charge in [-0.25, -0.2) is 8.78 Å². The topological polar surface area (TPSA) is 44.9 Å². The summed E-state index contributed by atoms with van der Waals surface area (Å²) in [5.74, 6) is -0.481. The number of nitrogens with one attached hydrogen (secondary N) is 2.